The van der Waals surface area contributed by atoms with Gasteiger partial charge in [-0.25, -0.2) is 0 Å². The van der Waals surface area contributed by atoms with E-state index in [-0.39, 0.29) is 18.4 Å². The Morgan fingerprint density at radius 1 is 1.35 bits per heavy atom. The van der Waals surface area contributed by atoms with Gasteiger partial charge in [0.25, 0.3) is 5.91 Å². The van der Waals surface area contributed by atoms with Crippen molar-refractivity contribution in [2.24, 2.45) is 0 Å². The third-order valence-corrected chi connectivity index (χ3v) is 2.19. The normalized spacial score (nSPS) is 9.76. The molecule has 0 spiro atoms. The second-order valence-corrected chi connectivity index (χ2v) is 3.49. The maximum atomic E-state index is 11.7. The monoisotopic (exact) mass is 236 g/mol. The van der Waals surface area contributed by atoms with Gasteiger partial charge in [-0.1, -0.05) is 12.1 Å². The summed E-state index contributed by atoms with van der Waals surface area (Å²) in [5.74, 6) is -0.502. The molecule has 0 fully saturated rings. The zero-order chi connectivity index (χ0) is 12.7. The lowest BCUT2D eigenvalue weighted by atomic mass is 10.1. The van der Waals surface area contributed by atoms with Gasteiger partial charge in [0.15, 0.2) is 0 Å². The number of likely N-dealkylation sites (N-methyl/N-ethyl adjacent to an activating group) is 1. The molecule has 92 valence electrons. The second kappa shape index (κ2) is 6.65. The molecule has 2 amide bonds. The standard InChI is InChI=1S/C12H16N2O3/c1-13-11(15)7-14-12(16)10-5-3-4-9(6-10)8-17-2/h3-6H,7-8H2,1-2H3,(H,13,15)(H,14,16). The molecule has 0 bridgehead atoms. The molecule has 0 saturated carbocycles. The van der Waals surface area contributed by atoms with E-state index in [2.05, 4.69) is 10.6 Å². The molecular formula is C12H16N2O3. The molecular weight excluding hydrogens is 220 g/mol. The number of benzene rings is 1. The molecule has 0 radical (unpaired) electrons. The van der Waals surface area contributed by atoms with Crippen molar-refractivity contribution < 1.29 is 14.3 Å². The highest BCUT2D eigenvalue weighted by atomic mass is 16.5. The molecule has 1 aromatic rings. The third kappa shape index (κ3) is 4.24. The van der Waals surface area contributed by atoms with Crippen molar-refractivity contribution in [1.82, 2.24) is 10.6 Å². The molecule has 5 heteroatoms. The van der Waals surface area contributed by atoms with Gasteiger partial charge >= 0.3 is 0 Å². The average Bonchev–Trinajstić information content (AvgIpc) is 2.36. The highest BCUT2D eigenvalue weighted by Crippen LogP contribution is 2.06. The number of carbonyl (C=O) groups is 2. The van der Waals surface area contributed by atoms with E-state index in [4.69, 9.17) is 4.74 Å². The van der Waals surface area contributed by atoms with Crippen LogP contribution in [-0.2, 0) is 16.1 Å². The summed E-state index contributed by atoms with van der Waals surface area (Å²) in [5, 5.41) is 4.96. The van der Waals surface area contributed by atoms with Crippen LogP contribution < -0.4 is 10.6 Å². The Morgan fingerprint density at radius 2 is 2.12 bits per heavy atom. The number of amides is 2. The van der Waals surface area contributed by atoms with E-state index >= 15 is 0 Å². The number of hydrogen-bond donors (Lipinski definition) is 2. The summed E-state index contributed by atoms with van der Waals surface area (Å²) in [7, 11) is 3.12. The van der Waals surface area contributed by atoms with Gasteiger partial charge < -0.3 is 15.4 Å². The molecule has 5 nitrogen and oxygen atoms in total. The van der Waals surface area contributed by atoms with Crippen molar-refractivity contribution in [1.29, 1.82) is 0 Å². The van der Waals surface area contributed by atoms with Gasteiger partial charge in [-0.3, -0.25) is 9.59 Å². The van der Waals surface area contributed by atoms with Crippen molar-refractivity contribution in [3.63, 3.8) is 0 Å². The summed E-state index contributed by atoms with van der Waals surface area (Å²) in [6, 6.07) is 7.09. The molecule has 0 aliphatic carbocycles. The quantitative estimate of drug-likeness (QED) is 0.773. The smallest absolute Gasteiger partial charge is 0.251 e. The van der Waals surface area contributed by atoms with Gasteiger partial charge in [0.05, 0.1) is 13.2 Å². The SMILES string of the molecule is CNC(=O)CNC(=O)c1cccc(COC)c1. The van der Waals surface area contributed by atoms with E-state index in [9.17, 15) is 9.59 Å². The molecule has 0 unspecified atom stereocenters. The van der Waals surface area contributed by atoms with Crippen molar-refractivity contribution >= 4 is 11.8 Å². The average molecular weight is 236 g/mol. The predicted octanol–water partition coefficient (Wildman–Crippen LogP) is 0.309. The van der Waals surface area contributed by atoms with Crippen LogP contribution in [0, 0.1) is 0 Å². The lowest BCUT2D eigenvalue weighted by Crippen LogP contribution is -2.35. The largest absolute Gasteiger partial charge is 0.380 e. The topological polar surface area (TPSA) is 67.4 Å². The molecule has 2 N–H and O–H groups in total. The summed E-state index contributed by atoms with van der Waals surface area (Å²) >= 11 is 0. The maximum absolute atomic E-state index is 11.7. The summed E-state index contributed by atoms with van der Waals surface area (Å²) in [5.41, 5.74) is 1.43. The Morgan fingerprint density at radius 3 is 2.76 bits per heavy atom. The molecule has 0 aromatic heterocycles. The van der Waals surface area contributed by atoms with Gasteiger partial charge in [0.1, 0.15) is 0 Å². The Labute approximate surface area is 100 Å². The minimum atomic E-state index is -0.272. The number of methoxy groups -OCH3 is 1. The number of hydrogen-bond acceptors (Lipinski definition) is 3. The van der Waals surface area contributed by atoms with E-state index in [0.717, 1.165) is 5.56 Å². The van der Waals surface area contributed by atoms with Gasteiger partial charge in [-0.15, -0.1) is 0 Å². The van der Waals surface area contributed by atoms with Gasteiger partial charge in [0, 0.05) is 19.7 Å². The van der Waals surface area contributed by atoms with Crippen molar-refractivity contribution in [2.45, 2.75) is 6.61 Å². The minimum absolute atomic E-state index is 0.0240. The maximum Gasteiger partial charge on any atom is 0.251 e. The summed E-state index contributed by atoms with van der Waals surface area (Å²) in [6.45, 7) is 0.431. The van der Waals surface area contributed by atoms with Crippen molar-refractivity contribution in [3.8, 4) is 0 Å². The molecule has 0 heterocycles. The van der Waals surface area contributed by atoms with Gasteiger partial charge in [0.2, 0.25) is 5.91 Å². The number of rotatable bonds is 5. The first-order valence-corrected chi connectivity index (χ1v) is 5.24. The first kappa shape index (κ1) is 13.2. The minimum Gasteiger partial charge on any atom is -0.380 e. The van der Waals surface area contributed by atoms with E-state index in [0.29, 0.717) is 12.2 Å². The summed E-state index contributed by atoms with van der Waals surface area (Å²) in [6.07, 6.45) is 0. The fourth-order valence-corrected chi connectivity index (χ4v) is 1.32. The second-order valence-electron chi connectivity index (χ2n) is 3.49. The van der Waals surface area contributed by atoms with E-state index in [1.54, 1.807) is 25.3 Å². The summed E-state index contributed by atoms with van der Waals surface area (Å²) < 4.78 is 4.98. The van der Waals surface area contributed by atoms with Crippen LogP contribution >= 0.6 is 0 Å². The fraction of sp³-hybridized carbons (Fsp3) is 0.333. The van der Waals surface area contributed by atoms with Crippen LogP contribution in [0.2, 0.25) is 0 Å². The van der Waals surface area contributed by atoms with Crippen LogP contribution in [-0.4, -0.2) is 32.5 Å². The van der Waals surface area contributed by atoms with Crippen LogP contribution in [0.4, 0.5) is 0 Å². The number of ether oxygens (including phenoxy) is 1. The first-order valence-electron chi connectivity index (χ1n) is 5.24. The Hall–Kier alpha value is -1.88. The van der Waals surface area contributed by atoms with Crippen LogP contribution in [0.15, 0.2) is 24.3 Å². The van der Waals surface area contributed by atoms with Gasteiger partial charge in [-0.05, 0) is 17.7 Å². The molecule has 1 rings (SSSR count). The predicted molar refractivity (Wildman–Crippen MR) is 63.6 cm³/mol. The molecule has 17 heavy (non-hydrogen) atoms. The lowest BCUT2D eigenvalue weighted by molar-refractivity contribution is -0.119. The van der Waals surface area contributed by atoms with Crippen LogP contribution in [0.5, 0.6) is 0 Å². The molecule has 0 aliphatic heterocycles. The van der Waals surface area contributed by atoms with Gasteiger partial charge in [-0.2, -0.15) is 0 Å². The van der Waals surface area contributed by atoms with Crippen LogP contribution in [0.25, 0.3) is 0 Å². The molecule has 1 aromatic carbocycles. The molecule has 0 aliphatic rings. The van der Waals surface area contributed by atoms with E-state index in [1.807, 2.05) is 6.07 Å². The number of nitrogens with one attached hydrogen (secondary N) is 2. The Kier molecular flexibility index (Phi) is 5.16. The Bertz CT molecular complexity index is 404. The fourth-order valence-electron chi connectivity index (χ4n) is 1.32. The first-order chi connectivity index (χ1) is 8.17. The zero-order valence-corrected chi connectivity index (χ0v) is 9.95. The lowest BCUT2D eigenvalue weighted by Gasteiger charge is -2.06. The van der Waals surface area contributed by atoms with E-state index < -0.39 is 0 Å². The van der Waals surface area contributed by atoms with Crippen LogP contribution in [0.3, 0.4) is 0 Å². The highest BCUT2D eigenvalue weighted by molar-refractivity contribution is 5.96. The highest BCUT2D eigenvalue weighted by Gasteiger charge is 2.07. The Balaban J connectivity index is 2.62. The van der Waals surface area contributed by atoms with Crippen LogP contribution in [0.1, 0.15) is 15.9 Å². The number of carbonyl (C=O) groups excluding carboxylic acids is 2. The molecule has 0 atom stereocenters. The summed E-state index contributed by atoms with van der Waals surface area (Å²) in [4.78, 5) is 22.7. The zero-order valence-electron chi connectivity index (χ0n) is 9.95. The van der Waals surface area contributed by atoms with E-state index in [1.165, 1.54) is 7.05 Å². The molecule has 0 saturated heterocycles. The van der Waals surface area contributed by atoms with Crippen molar-refractivity contribution in [3.05, 3.63) is 35.4 Å². The van der Waals surface area contributed by atoms with Crippen molar-refractivity contribution in [2.75, 3.05) is 20.7 Å². The third-order valence-electron chi connectivity index (χ3n) is 2.19.